The number of aromatic carboxylic acids is 1. The topological polar surface area (TPSA) is 62.2 Å². The molecular weight excluding hydrogens is 324 g/mol. The fourth-order valence-electron chi connectivity index (χ4n) is 1.28. The van der Waals surface area contributed by atoms with Gasteiger partial charge in [0.2, 0.25) is 0 Å². The lowest BCUT2D eigenvalue weighted by Crippen LogP contribution is -1.97. The summed E-state index contributed by atoms with van der Waals surface area (Å²) in [5.74, 6) is -0.926. The third-order valence-electron chi connectivity index (χ3n) is 2.08. The van der Waals surface area contributed by atoms with Crippen LogP contribution in [0.3, 0.4) is 0 Å². The smallest absolute Gasteiger partial charge is 0.347 e. The summed E-state index contributed by atoms with van der Waals surface area (Å²) in [4.78, 5) is 16.5. The summed E-state index contributed by atoms with van der Waals surface area (Å²) in [7, 11) is 0. The molecule has 0 amide bonds. The zero-order valence-corrected chi connectivity index (χ0v) is 12.1. The maximum Gasteiger partial charge on any atom is 0.347 e. The molecule has 0 bridgehead atoms. The Labute approximate surface area is 114 Å². The number of carboxylic acids is 1. The molecule has 0 atom stereocenters. The quantitative estimate of drug-likeness (QED) is 0.898. The molecule has 2 aromatic heterocycles. The van der Waals surface area contributed by atoms with Crippen LogP contribution in [-0.2, 0) is 6.54 Å². The van der Waals surface area contributed by atoms with E-state index in [4.69, 9.17) is 5.11 Å². The first-order valence-corrected chi connectivity index (χ1v) is 7.23. The van der Waals surface area contributed by atoms with Crippen LogP contribution in [0.25, 0.3) is 0 Å². The van der Waals surface area contributed by atoms with Crippen molar-refractivity contribution >= 4 is 49.7 Å². The predicted molar refractivity (Wildman–Crippen MR) is 73.2 cm³/mol. The number of carbonyl (C=O) groups is 1. The normalized spacial score (nSPS) is 10.5. The summed E-state index contributed by atoms with van der Waals surface area (Å²) >= 11 is 6.24. The van der Waals surface area contributed by atoms with Gasteiger partial charge in [0.25, 0.3) is 0 Å². The van der Waals surface area contributed by atoms with Crippen molar-refractivity contribution in [3.05, 3.63) is 31.4 Å². The number of nitrogens with one attached hydrogen (secondary N) is 1. The molecular formula is C10H9BrN2O2S2. The molecule has 0 aliphatic carbocycles. The SMILES string of the molecule is Cc1nc(NCc2sccc2Br)sc1C(=O)O. The van der Waals surface area contributed by atoms with E-state index in [9.17, 15) is 4.79 Å². The lowest BCUT2D eigenvalue weighted by molar-refractivity contribution is 0.0701. The van der Waals surface area contributed by atoms with Gasteiger partial charge in [-0.15, -0.1) is 11.3 Å². The van der Waals surface area contributed by atoms with E-state index >= 15 is 0 Å². The number of hydrogen-bond donors (Lipinski definition) is 2. The van der Waals surface area contributed by atoms with E-state index in [1.807, 2.05) is 11.4 Å². The minimum Gasteiger partial charge on any atom is -0.477 e. The van der Waals surface area contributed by atoms with Gasteiger partial charge in [-0.25, -0.2) is 9.78 Å². The molecule has 2 heterocycles. The van der Waals surface area contributed by atoms with Gasteiger partial charge in [0.1, 0.15) is 4.88 Å². The van der Waals surface area contributed by atoms with Gasteiger partial charge in [-0.1, -0.05) is 11.3 Å². The van der Waals surface area contributed by atoms with E-state index in [0.717, 1.165) is 20.7 Å². The molecule has 0 saturated heterocycles. The van der Waals surface area contributed by atoms with Gasteiger partial charge >= 0.3 is 5.97 Å². The maximum absolute atomic E-state index is 10.9. The van der Waals surface area contributed by atoms with Crippen LogP contribution in [0, 0.1) is 6.92 Å². The Balaban J connectivity index is 2.07. The van der Waals surface area contributed by atoms with E-state index in [1.165, 1.54) is 0 Å². The van der Waals surface area contributed by atoms with Gasteiger partial charge in [0, 0.05) is 9.35 Å². The van der Waals surface area contributed by atoms with Crippen LogP contribution in [0.1, 0.15) is 20.2 Å². The first-order chi connectivity index (χ1) is 8.08. The summed E-state index contributed by atoms with van der Waals surface area (Å²) < 4.78 is 1.06. The third kappa shape index (κ3) is 2.85. The fraction of sp³-hybridized carbons (Fsp3) is 0.200. The van der Waals surface area contributed by atoms with Crippen molar-refractivity contribution in [2.45, 2.75) is 13.5 Å². The molecule has 90 valence electrons. The first kappa shape index (κ1) is 12.5. The molecule has 0 spiro atoms. The first-order valence-electron chi connectivity index (χ1n) is 4.74. The zero-order chi connectivity index (χ0) is 12.4. The highest BCUT2D eigenvalue weighted by atomic mass is 79.9. The summed E-state index contributed by atoms with van der Waals surface area (Å²) in [5, 5.41) is 14.7. The lowest BCUT2D eigenvalue weighted by atomic mass is 10.4. The molecule has 0 aromatic carbocycles. The average molecular weight is 333 g/mol. The van der Waals surface area contributed by atoms with Gasteiger partial charge in [0.15, 0.2) is 5.13 Å². The number of carboxylic acid groups (broad SMARTS) is 1. The number of thiazole rings is 1. The van der Waals surface area contributed by atoms with Gasteiger partial charge in [-0.3, -0.25) is 0 Å². The van der Waals surface area contributed by atoms with Crippen LogP contribution in [0.4, 0.5) is 5.13 Å². The monoisotopic (exact) mass is 332 g/mol. The van der Waals surface area contributed by atoms with Gasteiger partial charge in [-0.2, -0.15) is 0 Å². The van der Waals surface area contributed by atoms with Gasteiger partial charge in [-0.05, 0) is 34.3 Å². The summed E-state index contributed by atoms with van der Waals surface area (Å²) in [6, 6.07) is 1.98. The van der Waals surface area contributed by atoms with E-state index in [2.05, 4.69) is 26.2 Å². The zero-order valence-electron chi connectivity index (χ0n) is 8.86. The molecule has 0 saturated carbocycles. The molecule has 2 aromatic rings. The van der Waals surface area contributed by atoms with Gasteiger partial charge in [0.05, 0.1) is 12.2 Å². The van der Waals surface area contributed by atoms with Crippen LogP contribution in [0.5, 0.6) is 0 Å². The maximum atomic E-state index is 10.9. The number of hydrogen-bond acceptors (Lipinski definition) is 5. The van der Waals surface area contributed by atoms with Crippen molar-refractivity contribution < 1.29 is 9.90 Å². The Morgan fingerprint density at radius 1 is 1.65 bits per heavy atom. The molecule has 4 nitrogen and oxygen atoms in total. The van der Waals surface area contributed by atoms with Crippen molar-refractivity contribution in [1.29, 1.82) is 0 Å². The number of nitrogens with zero attached hydrogens (tertiary/aromatic N) is 1. The van der Waals surface area contributed by atoms with Gasteiger partial charge < -0.3 is 10.4 Å². The highest BCUT2D eigenvalue weighted by Gasteiger charge is 2.13. The minimum atomic E-state index is -0.926. The summed E-state index contributed by atoms with van der Waals surface area (Å²) in [5.41, 5.74) is 0.551. The van der Waals surface area contributed by atoms with E-state index in [0.29, 0.717) is 17.4 Å². The number of rotatable bonds is 4. The minimum absolute atomic E-state index is 0.290. The Hall–Kier alpha value is -0.920. The van der Waals surface area contributed by atoms with E-state index in [1.54, 1.807) is 18.3 Å². The van der Waals surface area contributed by atoms with Crippen molar-refractivity contribution in [2.24, 2.45) is 0 Å². The number of halogens is 1. The lowest BCUT2D eigenvalue weighted by Gasteiger charge is -2.00. The predicted octanol–water partition coefficient (Wildman–Crippen LogP) is 3.59. The highest BCUT2D eigenvalue weighted by molar-refractivity contribution is 9.10. The Morgan fingerprint density at radius 2 is 2.41 bits per heavy atom. The summed E-state index contributed by atoms with van der Waals surface area (Å²) in [6.45, 7) is 2.34. The van der Waals surface area contributed by atoms with E-state index < -0.39 is 5.97 Å². The molecule has 0 aliphatic rings. The van der Waals surface area contributed by atoms with E-state index in [-0.39, 0.29) is 4.88 Å². The number of thiophene rings is 1. The highest BCUT2D eigenvalue weighted by Crippen LogP contribution is 2.26. The average Bonchev–Trinajstić information content (AvgIpc) is 2.82. The second kappa shape index (κ2) is 5.16. The van der Waals surface area contributed by atoms with Crippen molar-refractivity contribution in [3.8, 4) is 0 Å². The molecule has 7 heteroatoms. The molecule has 2 rings (SSSR count). The Morgan fingerprint density at radius 3 is 2.94 bits per heavy atom. The Kier molecular flexibility index (Phi) is 3.80. The van der Waals surface area contributed by atoms with Crippen LogP contribution < -0.4 is 5.32 Å². The van der Waals surface area contributed by atoms with Crippen molar-refractivity contribution in [1.82, 2.24) is 4.98 Å². The molecule has 0 fully saturated rings. The molecule has 2 N–H and O–H groups in total. The second-order valence-corrected chi connectivity index (χ2v) is 6.14. The molecule has 17 heavy (non-hydrogen) atoms. The molecule has 0 aliphatic heterocycles. The summed E-state index contributed by atoms with van der Waals surface area (Å²) in [6.07, 6.45) is 0. The van der Waals surface area contributed by atoms with Crippen LogP contribution in [0.15, 0.2) is 15.9 Å². The molecule has 0 unspecified atom stereocenters. The van der Waals surface area contributed by atoms with Crippen molar-refractivity contribution in [3.63, 3.8) is 0 Å². The fourth-order valence-corrected chi connectivity index (χ4v) is 3.51. The van der Waals surface area contributed by atoms with Crippen LogP contribution in [0.2, 0.25) is 0 Å². The number of anilines is 1. The standard InChI is InChI=1S/C10H9BrN2O2S2/c1-5-8(9(14)15)17-10(13-5)12-4-7-6(11)2-3-16-7/h2-3H,4H2,1H3,(H,12,13)(H,14,15). The largest absolute Gasteiger partial charge is 0.477 e. The third-order valence-corrected chi connectivity index (χ3v) is 5.11. The van der Waals surface area contributed by atoms with Crippen LogP contribution >= 0.6 is 38.6 Å². The van der Waals surface area contributed by atoms with Crippen LogP contribution in [-0.4, -0.2) is 16.1 Å². The Bertz CT molecular complexity index is 550. The molecule has 0 radical (unpaired) electrons. The number of aryl methyl sites for hydroxylation is 1. The van der Waals surface area contributed by atoms with Crippen molar-refractivity contribution in [2.75, 3.05) is 5.32 Å². The second-order valence-electron chi connectivity index (χ2n) is 3.28. The number of aromatic nitrogens is 1.